The topological polar surface area (TPSA) is 89.1 Å². The van der Waals surface area contributed by atoms with Crippen LogP contribution in [-0.2, 0) is 16.0 Å². The molecule has 0 fully saturated rings. The molecule has 2 rings (SSSR count). The number of benzene rings is 1. The quantitative estimate of drug-likeness (QED) is 0.871. The second kappa shape index (κ2) is 6.16. The molecule has 20 heavy (non-hydrogen) atoms. The van der Waals surface area contributed by atoms with E-state index in [1.165, 1.54) is 12.5 Å². The summed E-state index contributed by atoms with van der Waals surface area (Å²) in [7, 11) is 1.32. The van der Waals surface area contributed by atoms with Crippen molar-refractivity contribution in [1.82, 2.24) is 0 Å². The van der Waals surface area contributed by atoms with Crippen molar-refractivity contribution in [2.75, 3.05) is 7.11 Å². The molecule has 7 heteroatoms. The number of methoxy groups -OCH3 is 1. The average molecular weight is 293 g/mol. The van der Waals surface area contributed by atoms with Crippen molar-refractivity contribution in [1.29, 1.82) is 0 Å². The van der Waals surface area contributed by atoms with Gasteiger partial charge in [-0.25, -0.2) is 9.79 Å². The van der Waals surface area contributed by atoms with Crippen LogP contribution in [0.1, 0.15) is 16.1 Å². The lowest BCUT2D eigenvalue weighted by Gasteiger charge is -2.02. The Labute approximate surface area is 118 Å². The summed E-state index contributed by atoms with van der Waals surface area (Å²) in [5, 5.41) is 10.1. The van der Waals surface area contributed by atoms with E-state index in [1.807, 2.05) is 0 Å². The summed E-state index contributed by atoms with van der Waals surface area (Å²) < 4.78 is 9.69. The highest BCUT2D eigenvalue weighted by molar-refractivity contribution is 7.07. The predicted molar refractivity (Wildman–Crippen MR) is 70.9 cm³/mol. The van der Waals surface area contributed by atoms with E-state index in [9.17, 15) is 9.59 Å². The Bertz CT molecular complexity index is 701. The summed E-state index contributed by atoms with van der Waals surface area (Å²) in [4.78, 5) is 26.5. The van der Waals surface area contributed by atoms with E-state index in [2.05, 4.69) is 9.73 Å². The number of rotatable bonds is 4. The first kappa shape index (κ1) is 14.0. The van der Waals surface area contributed by atoms with Crippen LogP contribution in [0, 0.1) is 0 Å². The van der Waals surface area contributed by atoms with Crippen molar-refractivity contribution in [2.45, 2.75) is 6.42 Å². The van der Waals surface area contributed by atoms with Crippen molar-refractivity contribution in [2.24, 2.45) is 4.99 Å². The van der Waals surface area contributed by atoms with Crippen LogP contribution in [0.15, 0.2) is 39.1 Å². The lowest BCUT2D eigenvalue weighted by atomic mass is 10.1. The zero-order chi connectivity index (χ0) is 14.5. The number of carboxylic acids is 1. The van der Waals surface area contributed by atoms with Gasteiger partial charge in [0, 0.05) is 5.38 Å². The first-order valence-electron chi connectivity index (χ1n) is 5.61. The third-order valence-corrected chi connectivity index (χ3v) is 3.15. The normalized spacial score (nSPS) is 11.3. The van der Waals surface area contributed by atoms with Gasteiger partial charge in [0.1, 0.15) is 0 Å². The molecule has 1 aromatic carbocycles. The summed E-state index contributed by atoms with van der Waals surface area (Å²) >= 11 is 1.08. The van der Waals surface area contributed by atoms with Crippen molar-refractivity contribution in [3.05, 3.63) is 45.8 Å². The molecular formula is C13H11NO5S. The van der Waals surface area contributed by atoms with E-state index in [4.69, 9.17) is 9.52 Å². The Morgan fingerprint density at radius 2 is 2.15 bits per heavy atom. The van der Waals surface area contributed by atoms with E-state index >= 15 is 0 Å². The molecule has 2 aromatic rings. The fourth-order valence-electron chi connectivity index (χ4n) is 1.48. The number of ether oxygens (including phenoxy) is 1. The number of nitrogens with zero attached hydrogens (tertiary/aromatic N) is 1. The van der Waals surface area contributed by atoms with Gasteiger partial charge in [0.05, 0.1) is 19.2 Å². The lowest BCUT2D eigenvalue weighted by molar-refractivity contribution is -0.139. The standard InChI is InChI=1S/C13H11NO5S/c1-18-11(15)6-8-4-2-3-5-9(8)14-13-19-10(7-20-13)12(16)17/h2-5,7H,6H2,1H3,(H,16,17). The monoisotopic (exact) mass is 293 g/mol. The minimum Gasteiger partial charge on any atom is -0.475 e. The molecule has 0 radical (unpaired) electrons. The van der Waals surface area contributed by atoms with Crippen molar-refractivity contribution in [3.63, 3.8) is 0 Å². The van der Waals surface area contributed by atoms with Gasteiger partial charge in [-0.3, -0.25) is 4.79 Å². The van der Waals surface area contributed by atoms with Crippen LogP contribution in [0.3, 0.4) is 0 Å². The second-order valence-electron chi connectivity index (χ2n) is 3.77. The molecule has 0 saturated carbocycles. The van der Waals surface area contributed by atoms with Crippen LogP contribution in [0.5, 0.6) is 0 Å². The van der Waals surface area contributed by atoms with Gasteiger partial charge in [0.15, 0.2) is 0 Å². The van der Waals surface area contributed by atoms with Gasteiger partial charge in [0.2, 0.25) is 5.76 Å². The first-order valence-corrected chi connectivity index (χ1v) is 6.49. The fraction of sp³-hybridized carbons (Fsp3) is 0.154. The van der Waals surface area contributed by atoms with Gasteiger partial charge >= 0.3 is 11.9 Å². The molecule has 104 valence electrons. The SMILES string of the molecule is COC(=O)Cc1ccccc1N=c1oc(C(=O)O)cs1. The minimum absolute atomic E-state index is 0.0906. The maximum absolute atomic E-state index is 11.3. The highest BCUT2D eigenvalue weighted by Gasteiger charge is 2.09. The molecule has 6 nitrogen and oxygen atoms in total. The maximum Gasteiger partial charge on any atom is 0.372 e. The Morgan fingerprint density at radius 1 is 1.40 bits per heavy atom. The van der Waals surface area contributed by atoms with Crippen molar-refractivity contribution in [3.8, 4) is 0 Å². The van der Waals surface area contributed by atoms with Crippen LogP contribution >= 0.6 is 11.3 Å². The van der Waals surface area contributed by atoms with Crippen LogP contribution in [0.2, 0.25) is 0 Å². The largest absolute Gasteiger partial charge is 0.475 e. The summed E-state index contributed by atoms with van der Waals surface area (Å²) in [6.45, 7) is 0. The number of para-hydroxylation sites is 1. The summed E-state index contributed by atoms with van der Waals surface area (Å²) in [5.41, 5.74) is 1.22. The maximum atomic E-state index is 11.3. The Kier molecular flexibility index (Phi) is 4.31. The highest BCUT2D eigenvalue weighted by atomic mass is 32.1. The van der Waals surface area contributed by atoms with Gasteiger partial charge in [-0.05, 0) is 11.6 Å². The second-order valence-corrected chi connectivity index (χ2v) is 4.59. The molecule has 1 N–H and O–H groups in total. The van der Waals surface area contributed by atoms with E-state index < -0.39 is 5.97 Å². The summed E-state index contributed by atoms with van der Waals surface area (Å²) in [6, 6.07) is 7.02. The smallest absolute Gasteiger partial charge is 0.372 e. The van der Waals surface area contributed by atoms with E-state index in [-0.39, 0.29) is 23.0 Å². The van der Waals surface area contributed by atoms with Crippen LogP contribution in [0.25, 0.3) is 0 Å². The number of carbonyl (C=O) groups excluding carboxylic acids is 1. The van der Waals surface area contributed by atoms with Gasteiger partial charge in [-0.2, -0.15) is 0 Å². The van der Waals surface area contributed by atoms with E-state index in [0.29, 0.717) is 11.3 Å². The Balaban J connectivity index is 2.37. The van der Waals surface area contributed by atoms with Crippen LogP contribution < -0.4 is 4.87 Å². The lowest BCUT2D eigenvalue weighted by Crippen LogP contribution is -2.05. The average Bonchev–Trinajstić information content (AvgIpc) is 2.89. The molecule has 0 bridgehead atoms. The number of esters is 1. The summed E-state index contributed by atoms with van der Waals surface area (Å²) in [6.07, 6.45) is 0.0906. The van der Waals surface area contributed by atoms with Crippen molar-refractivity contribution >= 4 is 29.0 Å². The molecule has 0 unspecified atom stereocenters. The van der Waals surface area contributed by atoms with Crippen LogP contribution in [0.4, 0.5) is 5.69 Å². The van der Waals surface area contributed by atoms with Gasteiger partial charge < -0.3 is 14.3 Å². The van der Waals surface area contributed by atoms with Crippen LogP contribution in [-0.4, -0.2) is 24.2 Å². The molecule has 1 heterocycles. The predicted octanol–water partition coefficient (Wildman–Crippen LogP) is 1.99. The Hall–Kier alpha value is -2.41. The molecule has 0 spiro atoms. The molecule has 0 atom stereocenters. The molecular weight excluding hydrogens is 282 g/mol. The molecule has 0 saturated heterocycles. The van der Waals surface area contributed by atoms with Crippen molar-refractivity contribution < 1.29 is 23.8 Å². The number of hydrogen-bond acceptors (Lipinski definition) is 6. The highest BCUT2D eigenvalue weighted by Crippen LogP contribution is 2.19. The summed E-state index contributed by atoms with van der Waals surface area (Å²) in [5.74, 6) is -1.69. The van der Waals surface area contributed by atoms with Gasteiger partial charge in [0.25, 0.3) is 4.87 Å². The minimum atomic E-state index is -1.15. The molecule has 1 aromatic heterocycles. The number of carboxylic acid groups (broad SMARTS) is 1. The third kappa shape index (κ3) is 3.33. The van der Waals surface area contributed by atoms with E-state index in [0.717, 1.165) is 11.3 Å². The molecule has 0 aliphatic heterocycles. The zero-order valence-electron chi connectivity index (χ0n) is 10.5. The third-order valence-electron chi connectivity index (χ3n) is 2.44. The molecule has 0 aliphatic rings. The zero-order valence-corrected chi connectivity index (χ0v) is 11.3. The Morgan fingerprint density at radius 3 is 2.80 bits per heavy atom. The van der Waals surface area contributed by atoms with Gasteiger partial charge in [-0.1, -0.05) is 29.5 Å². The fourth-order valence-corrected chi connectivity index (χ4v) is 2.13. The molecule has 0 aliphatic carbocycles. The number of hydrogen-bond donors (Lipinski definition) is 1. The number of aromatic carboxylic acids is 1. The van der Waals surface area contributed by atoms with E-state index in [1.54, 1.807) is 24.3 Å². The van der Waals surface area contributed by atoms with Gasteiger partial charge in [-0.15, -0.1) is 0 Å². The number of carbonyl (C=O) groups is 2. The molecule has 0 amide bonds. The first-order chi connectivity index (χ1) is 9.60.